The number of hydrogen-bond donors (Lipinski definition) is 1. The van der Waals surface area contributed by atoms with E-state index in [1.165, 1.54) is 19.3 Å². The highest BCUT2D eigenvalue weighted by atomic mass is 16.3. The Hall–Kier alpha value is -2.13. The molecule has 1 saturated carbocycles. The summed E-state index contributed by atoms with van der Waals surface area (Å²) in [4.78, 5) is 15.5. The van der Waals surface area contributed by atoms with E-state index in [-0.39, 0.29) is 30.5 Å². The SMILES string of the molecule is O=C1c2ccccc2[C@@H](CO)[C@H](c2ccccc2)N1C1CCCCC1. The van der Waals surface area contributed by atoms with Gasteiger partial charge in [0.25, 0.3) is 5.91 Å². The first-order valence-corrected chi connectivity index (χ1v) is 9.38. The van der Waals surface area contributed by atoms with Gasteiger partial charge in [-0.05, 0) is 30.0 Å². The largest absolute Gasteiger partial charge is 0.396 e. The molecule has 0 spiro atoms. The summed E-state index contributed by atoms with van der Waals surface area (Å²) < 4.78 is 0. The zero-order valence-corrected chi connectivity index (χ0v) is 14.5. The number of aliphatic hydroxyl groups excluding tert-OH is 1. The van der Waals surface area contributed by atoms with E-state index in [1.54, 1.807) is 0 Å². The van der Waals surface area contributed by atoms with Gasteiger partial charge in [0.2, 0.25) is 0 Å². The number of rotatable bonds is 3. The molecule has 2 aromatic carbocycles. The van der Waals surface area contributed by atoms with Crippen LogP contribution >= 0.6 is 0 Å². The van der Waals surface area contributed by atoms with Crippen molar-refractivity contribution in [3.05, 3.63) is 71.3 Å². The third-order valence-corrected chi connectivity index (χ3v) is 5.81. The Morgan fingerprint density at radius 3 is 2.32 bits per heavy atom. The number of amides is 1. The standard InChI is InChI=1S/C22H25NO2/c24-15-20-18-13-7-8-14-19(18)22(25)23(17-11-5-2-6-12-17)21(20)16-9-3-1-4-10-16/h1,3-4,7-10,13-14,17,20-21,24H,2,5-6,11-12,15H2/t20-,21+/m1/s1. The molecule has 1 N–H and O–H groups in total. The summed E-state index contributed by atoms with van der Waals surface area (Å²) in [5, 5.41) is 10.2. The molecule has 4 rings (SSSR count). The topological polar surface area (TPSA) is 40.5 Å². The minimum atomic E-state index is -0.0864. The van der Waals surface area contributed by atoms with E-state index >= 15 is 0 Å². The summed E-state index contributed by atoms with van der Waals surface area (Å²) in [5.41, 5.74) is 2.87. The van der Waals surface area contributed by atoms with E-state index in [0.717, 1.165) is 29.5 Å². The van der Waals surface area contributed by atoms with Gasteiger partial charge >= 0.3 is 0 Å². The van der Waals surface area contributed by atoms with Gasteiger partial charge in [-0.3, -0.25) is 4.79 Å². The molecule has 130 valence electrons. The molecule has 0 aromatic heterocycles. The second-order valence-electron chi connectivity index (χ2n) is 7.24. The van der Waals surface area contributed by atoms with E-state index in [1.807, 2.05) is 42.5 Å². The highest BCUT2D eigenvalue weighted by Gasteiger charge is 2.43. The quantitative estimate of drug-likeness (QED) is 0.909. The molecule has 3 nitrogen and oxygen atoms in total. The smallest absolute Gasteiger partial charge is 0.254 e. The Kier molecular flexibility index (Phi) is 4.58. The van der Waals surface area contributed by atoms with Crippen LogP contribution in [-0.2, 0) is 0 Å². The monoisotopic (exact) mass is 335 g/mol. The van der Waals surface area contributed by atoms with Gasteiger partial charge in [-0.25, -0.2) is 0 Å². The van der Waals surface area contributed by atoms with E-state index < -0.39 is 0 Å². The molecule has 0 radical (unpaired) electrons. The molecule has 25 heavy (non-hydrogen) atoms. The lowest BCUT2D eigenvalue weighted by Gasteiger charge is -2.47. The minimum absolute atomic E-state index is 0.0487. The zero-order chi connectivity index (χ0) is 17.2. The molecule has 1 aliphatic heterocycles. The van der Waals surface area contributed by atoms with Gasteiger partial charge in [0.05, 0.1) is 12.6 Å². The molecule has 0 unspecified atom stereocenters. The van der Waals surface area contributed by atoms with Crippen LogP contribution in [0.2, 0.25) is 0 Å². The van der Waals surface area contributed by atoms with Gasteiger partial charge in [0.1, 0.15) is 0 Å². The minimum Gasteiger partial charge on any atom is -0.396 e. The molecule has 2 atom stereocenters. The van der Waals surface area contributed by atoms with Crippen molar-refractivity contribution in [1.82, 2.24) is 4.90 Å². The second kappa shape index (κ2) is 7.01. The van der Waals surface area contributed by atoms with Crippen LogP contribution in [0.15, 0.2) is 54.6 Å². The Morgan fingerprint density at radius 2 is 1.60 bits per heavy atom. The van der Waals surface area contributed by atoms with Crippen molar-refractivity contribution in [2.24, 2.45) is 0 Å². The van der Waals surface area contributed by atoms with Gasteiger partial charge < -0.3 is 10.0 Å². The lowest BCUT2D eigenvalue weighted by Crippen LogP contribution is -2.49. The fourth-order valence-electron chi connectivity index (χ4n) is 4.64. The molecule has 0 saturated heterocycles. The number of benzene rings is 2. The third kappa shape index (κ3) is 2.87. The Morgan fingerprint density at radius 1 is 0.920 bits per heavy atom. The van der Waals surface area contributed by atoms with Crippen LogP contribution < -0.4 is 0 Å². The molecule has 1 heterocycles. The fourth-order valence-corrected chi connectivity index (χ4v) is 4.64. The highest BCUT2D eigenvalue weighted by molar-refractivity contribution is 5.97. The second-order valence-corrected chi connectivity index (χ2v) is 7.24. The molecular formula is C22H25NO2. The van der Waals surface area contributed by atoms with Crippen molar-refractivity contribution in [3.63, 3.8) is 0 Å². The first kappa shape index (κ1) is 16.3. The number of aliphatic hydroxyl groups is 1. The first-order valence-electron chi connectivity index (χ1n) is 9.38. The van der Waals surface area contributed by atoms with Crippen LogP contribution in [0.3, 0.4) is 0 Å². The maximum Gasteiger partial charge on any atom is 0.254 e. The molecule has 2 aromatic rings. The van der Waals surface area contributed by atoms with Crippen molar-refractivity contribution in [1.29, 1.82) is 0 Å². The highest BCUT2D eigenvalue weighted by Crippen LogP contribution is 2.45. The molecule has 3 heteroatoms. The summed E-state index contributed by atoms with van der Waals surface area (Å²) >= 11 is 0. The summed E-state index contributed by atoms with van der Waals surface area (Å²) in [6, 6.07) is 18.2. The molecule has 1 amide bonds. The fraction of sp³-hybridized carbons (Fsp3) is 0.409. The van der Waals surface area contributed by atoms with Crippen molar-refractivity contribution >= 4 is 5.91 Å². The normalized spacial score (nSPS) is 24.2. The lowest BCUT2D eigenvalue weighted by atomic mass is 9.78. The lowest BCUT2D eigenvalue weighted by molar-refractivity contribution is 0.0363. The van der Waals surface area contributed by atoms with E-state index in [0.29, 0.717) is 0 Å². The van der Waals surface area contributed by atoms with E-state index in [9.17, 15) is 9.90 Å². The van der Waals surface area contributed by atoms with E-state index in [2.05, 4.69) is 17.0 Å². The van der Waals surface area contributed by atoms with Crippen LogP contribution in [0.1, 0.15) is 65.5 Å². The van der Waals surface area contributed by atoms with Gasteiger partial charge in [0, 0.05) is 17.5 Å². The number of carbonyl (C=O) groups is 1. The number of hydrogen-bond acceptors (Lipinski definition) is 2. The van der Waals surface area contributed by atoms with Gasteiger partial charge in [0.15, 0.2) is 0 Å². The van der Waals surface area contributed by atoms with Crippen LogP contribution in [0.25, 0.3) is 0 Å². The average molecular weight is 335 g/mol. The van der Waals surface area contributed by atoms with Crippen LogP contribution in [0.4, 0.5) is 0 Å². The molecule has 0 bridgehead atoms. The predicted octanol–water partition coefficient (Wildman–Crippen LogP) is 4.29. The van der Waals surface area contributed by atoms with Crippen LogP contribution in [0.5, 0.6) is 0 Å². The summed E-state index contributed by atoms with van der Waals surface area (Å²) in [7, 11) is 0. The molecule has 1 aliphatic carbocycles. The van der Waals surface area contributed by atoms with Gasteiger partial charge in [-0.2, -0.15) is 0 Å². The summed E-state index contributed by atoms with van der Waals surface area (Å²) in [5.74, 6) is 0.0549. The Balaban J connectivity index is 1.85. The van der Waals surface area contributed by atoms with E-state index in [4.69, 9.17) is 0 Å². The van der Waals surface area contributed by atoms with Crippen LogP contribution in [-0.4, -0.2) is 28.6 Å². The first-order chi connectivity index (χ1) is 12.3. The molecular weight excluding hydrogens is 310 g/mol. The average Bonchev–Trinajstić information content (AvgIpc) is 2.69. The van der Waals surface area contributed by atoms with Crippen molar-refractivity contribution < 1.29 is 9.90 Å². The van der Waals surface area contributed by atoms with Gasteiger partial charge in [-0.15, -0.1) is 0 Å². The third-order valence-electron chi connectivity index (χ3n) is 5.81. The molecule has 1 fully saturated rings. The van der Waals surface area contributed by atoms with Crippen molar-refractivity contribution in [3.8, 4) is 0 Å². The number of carbonyl (C=O) groups excluding carboxylic acids is 1. The number of fused-ring (bicyclic) bond motifs is 1. The molecule has 2 aliphatic rings. The number of nitrogens with zero attached hydrogens (tertiary/aromatic N) is 1. The Labute approximate surface area is 149 Å². The predicted molar refractivity (Wildman–Crippen MR) is 98.5 cm³/mol. The van der Waals surface area contributed by atoms with Crippen molar-refractivity contribution in [2.45, 2.75) is 50.1 Å². The summed E-state index contributed by atoms with van der Waals surface area (Å²) in [6.45, 7) is 0.0487. The zero-order valence-electron chi connectivity index (χ0n) is 14.5. The van der Waals surface area contributed by atoms with Gasteiger partial charge in [-0.1, -0.05) is 67.8 Å². The maximum absolute atomic E-state index is 13.4. The van der Waals surface area contributed by atoms with Crippen LogP contribution in [0, 0.1) is 0 Å². The summed E-state index contributed by atoms with van der Waals surface area (Å²) in [6.07, 6.45) is 5.75. The maximum atomic E-state index is 13.4. The van der Waals surface area contributed by atoms with Crippen molar-refractivity contribution in [2.75, 3.05) is 6.61 Å². The Bertz CT molecular complexity index is 737.